The quantitative estimate of drug-likeness (QED) is 0.374. The lowest BCUT2D eigenvalue weighted by molar-refractivity contribution is -0.118. The smallest absolute Gasteiger partial charge is 0.245 e. The highest BCUT2D eigenvalue weighted by Gasteiger charge is 2.37. The molecule has 0 saturated carbocycles. The second-order valence-electron chi connectivity index (χ2n) is 9.37. The third-order valence-electron chi connectivity index (χ3n) is 7.15. The van der Waals surface area contributed by atoms with E-state index in [9.17, 15) is 13.2 Å². The number of nitrogens with zero attached hydrogens (tertiary/aromatic N) is 3. The van der Waals surface area contributed by atoms with Gasteiger partial charge in [0.1, 0.15) is 4.90 Å². The average Bonchev–Trinajstić information content (AvgIpc) is 3.33. The predicted octanol–water partition coefficient (Wildman–Crippen LogP) is 5.50. The summed E-state index contributed by atoms with van der Waals surface area (Å²) in [6.45, 7) is 4.19. The number of anilines is 1. The van der Waals surface area contributed by atoms with Gasteiger partial charge in [0.15, 0.2) is 0 Å². The number of fused-ring (bicyclic) bond motifs is 1. The number of amides is 1. The van der Waals surface area contributed by atoms with Crippen LogP contribution in [0.1, 0.15) is 36.1 Å². The maximum absolute atomic E-state index is 13.9. The molecule has 37 heavy (non-hydrogen) atoms. The molecule has 1 amide bonds. The molecule has 2 aliphatic heterocycles. The van der Waals surface area contributed by atoms with Crippen molar-refractivity contribution in [1.82, 2.24) is 9.21 Å². The Morgan fingerprint density at radius 1 is 0.946 bits per heavy atom. The first-order chi connectivity index (χ1) is 17.8. The molecule has 2 heterocycles. The number of piperazine rings is 1. The zero-order chi connectivity index (χ0) is 26.2. The van der Waals surface area contributed by atoms with E-state index in [0.29, 0.717) is 60.7 Å². The summed E-state index contributed by atoms with van der Waals surface area (Å²) in [5.41, 5.74) is 3.70. The van der Waals surface area contributed by atoms with Gasteiger partial charge in [0.2, 0.25) is 15.9 Å². The van der Waals surface area contributed by atoms with Gasteiger partial charge in [-0.25, -0.2) is 8.42 Å². The number of hydrogen-bond donors (Lipinski definition) is 0. The van der Waals surface area contributed by atoms with E-state index in [4.69, 9.17) is 11.6 Å². The molecule has 9 heteroatoms. The van der Waals surface area contributed by atoms with Crippen molar-refractivity contribution in [2.24, 2.45) is 0 Å². The Morgan fingerprint density at radius 2 is 1.59 bits per heavy atom. The Balaban J connectivity index is 1.42. The van der Waals surface area contributed by atoms with E-state index in [0.717, 1.165) is 16.7 Å². The summed E-state index contributed by atoms with van der Waals surface area (Å²) in [4.78, 5) is 16.8. The van der Waals surface area contributed by atoms with Crippen LogP contribution in [0.3, 0.4) is 0 Å². The van der Waals surface area contributed by atoms with Crippen molar-refractivity contribution >= 4 is 49.1 Å². The maximum Gasteiger partial charge on any atom is 0.245 e. The van der Waals surface area contributed by atoms with Crippen LogP contribution in [-0.4, -0.2) is 56.3 Å². The summed E-state index contributed by atoms with van der Waals surface area (Å²) < 4.78 is 30.2. The largest absolute Gasteiger partial charge is 0.310 e. The van der Waals surface area contributed by atoms with Crippen LogP contribution in [-0.2, 0) is 21.2 Å². The fourth-order valence-electron chi connectivity index (χ4n) is 5.34. The zero-order valence-electron chi connectivity index (χ0n) is 20.6. The summed E-state index contributed by atoms with van der Waals surface area (Å²) in [5.74, 6) is -0.0593. The highest BCUT2D eigenvalue weighted by atomic mass is 79.9. The third kappa shape index (κ3) is 5.22. The average molecular weight is 603 g/mol. The second kappa shape index (κ2) is 10.9. The van der Waals surface area contributed by atoms with Crippen LogP contribution in [0.15, 0.2) is 76.1 Å². The second-order valence-corrected chi connectivity index (χ2v) is 12.6. The normalized spacial score (nSPS) is 17.5. The highest BCUT2D eigenvalue weighted by Crippen LogP contribution is 2.40. The van der Waals surface area contributed by atoms with Crippen LogP contribution in [0.4, 0.5) is 5.69 Å². The van der Waals surface area contributed by atoms with Crippen molar-refractivity contribution in [2.45, 2.75) is 30.7 Å². The van der Waals surface area contributed by atoms with Gasteiger partial charge >= 0.3 is 0 Å². The molecule has 2 aliphatic rings. The van der Waals surface area contributed by atoms with E-state index in [1.54, 1.807) is 22.2 Å². The molecule has 0 radical (unpaired) electrons. The molecule has 0 aliphatic carbocycles. The van der Waals surface area contributed by atoms with Crippen LogP contribution >= 0.6 is 27.5 Å². The molecular weight excluding hydrogens is 574 g/mol. The molecule has 3 aromatic rings. The number of halogens is 2. The molecule has 3 aromatic carbocycles. The Bertz CT molecular complexity index is 1390. The lowest BCUT2D eigenvalue weighted by Crippen LogP contribution is -2.50. The van der Waals surface area contributed by atoms with Crippen molar-refractivity contribution in [1.29, 1.82) is 0 Å². The van der Waals surface area contributed by atoms with Gasteiger partial charge in [-0.2, -0.15) is 4.31 Å². The van der Waals surface area contributed by atoms with Crippen molar-refractivity contribution in [2.75, 3.05) is 37.6 Å². The van der Waals surface area contributed by atoms with E-state index in [1.165, 1.54) is 0 Å². The molecule has 194 valence electrons. The molecule has 0 unspecified atom stereocenters. The molecule has 0 N–H and O–H groups in total. The number of carbonyl (C=O) groups excluding carboxylic acids is 1. The van der Waals surface area contributed by atoms with Crippen molar-refractivity contribution < 1.29 is 13.2 Å². The zero-order valence-corrected chi connectivity index (χ0v) is 23.8. The maximum atomic E-state index is 13.9. The summed E-state index contributed by atoms with van der Waals surface area (Å²) in [6.07, 6.45) is 0.982. The van der Waals surface area contributed by atoms with Gasteiger partial charge in [0.05, 0.1) is 11.7 Å². The van der Waals surface area contributed by atoms with Gasteiger partial charge in [0, 0.05) is 48.6 Å². The lowest BCUT2D eigenvalue weighted by Gasteiger charge is -2.39. The number of carbonyl (C=O) groups is 1. The summed E-state index contributed by atoms with van der Waals surface area (Å²) in [5, 5.41) is 0.684. The summed E-state index contributed by atoms with van der Waals surface area (Å²) in [7, 11) is -3.80. The number of hydrogen-bond acceptors (Lipinski definition) is 4. The van der Waals surface area contributed by atoms with Gasteiger partial charge in [0.25, 0.3) is 0 Å². The molecule has 6 nitrogen and oxygen atoms in total. The van der Waals surface area contributed by atoms with Crippen LogP contribution in [0.2, 0.25) is 5.02 Å². The fourth-order valence-corrected chi connectivity index (χ4v) is 7.81. The van der Waals surface area contributed by atoms with E-state index in [-0.39, 0.29) is 16.8 Å². The minimum absolute atomic E-state index is 0.00361. The van der Waals surface area contributed by atoms with Crippen LogP contribution in [0.5, 0.6) is 0 Å². The van der Waals surface area contributed by atoms with Gasteiger partial charge in [-0.15, -0.1) is 0 Å². The van der Waals surface area contributed by atoms with E-state index in [1.807, 2.05) is 48.5 Å². The van der Waals surface area contributed by atoms with Gasteiger partial charge < -0.3 is 4.90 Å². The molecule has 1 fully saturated rings. The molecule has 5 rings (SSSR count). The predicted molar refractivity (Wildman–Crippen MR) is 151 cm³/mol. The lowest BCUT2D eigenvalue weighted by atomic mass is 9.96. The van der Waals surface area contributed by atoms with Gasteiger partial charge in [-0.3, -0.25) is 9.69 Å². The van der Waals surface area contributed by atoms with Crippen LogP contribution < -0.4 is 4.90 Å². The van der Waals surface area contributed by atoms with Crippen LogP contribution in [0.25, 0.3) is 0 Å². The first-order valence-electron chi connectivity index (χ1n) is 12.5. The Labute approximate surface area is 232 Å². The molecule has 1 atom stereocenters. The summed E-state index contributed by atoms with van der Waals surface area (Å²) >= 11 is 9.64. The standard InChI is InChI=1S/C28H29BrClN3O3S/c1-2-26(34)33-13-12-22-18-23(29)19-25(28(22)33)37(35,36)32-16-14-31(15-17-32)27(20-6-4-3-5-7-20)21-8-10-24(30)11-9-21/h3-11,18-19,27H,2,12-17H2,1H3/t27-/m0/s1. The van der Waals surface area contributed by atoms with Gasteiger partial charge in [-0.05, 0) is 47.4 Å². The Kier molecular flexibility index (Phi) is 7.75. The monoisotopic (exact) mass is 601 g/mol. The van der Waals surface area contributed by atoms with Crippen LogP contribution in [0, 0.1) is 0 Å². The number of benzene rings is 3. The SMILES string of the molecule is CCC(=O)N1CCc2cc(Br)cc(S(=O)(=O)N3CCN([C@@H](c4ccccc4)c4ccc(Cl)cc4)CC3)c21. The van der Waals surface area contributed by atoms with Gasteiger partial charge in [-0.1, -0.05) is 76.9 Å². The third-order valence-corrected chi connectivity index (χ3v) is 9.78. The first kappa shape index (κ1) is 26.4. The fraction of sp³-hybridized carbons (Fsp3) is 0.321. The van der Waals surface area contributed by atoms with Crippen molar-refractivity contribution in [3.05, 3.63) is 92.9 Å². The van der Waals surface area contributed by atoms with E-state index >= 15 is 0 Å². The highest BCUT2D eigenvalue weighted by molar-refractivity contribution is 9.10. The molecular formula is C28H29BrClN3O3S. The minimum atomic E-state index is -3.80. The number of sulfonamides is 1. The Hall–Kier alpha value is -2.23. The minimum Gasteiger partial charge on any atom is -0.310 e. The van der Waals surface area contributed by atoms with Crippen molar-refractivity contribution in [3.8, 4) is 0 Å². The molecule has 0 spiro atoms. The topological polar surface area (TPSA) is 60.9 Å². The number of rotatable bonds is 6. The summed E-state index contributed by atoms with van der Waals surface area (Å²) in [6, 6.07) is 21.7. The first-order valence-corrected chi connectivity index (χ1v) is 15.1. The molecule has 1 saturated heterocycles. The molecule has 0 bridgehead atoms. The van der Waals surface area contributed by atoms with E-state index < -0.39 is 10.0 Å². The molecule has 0 aromatic heterocycles. The Morgan fingerprint density at radius 3 is 2.24 bits per heavy atom. The van der Waals surface area contributed by atoms with Crippen molar-refractivity contribution in [3.63, 3.8) is 0 Å². The van der Waals surface area contributed by atoms with E-state index in [2.05, 4.69) is 33.0 Å².